The first-order valence-electron chi connectivity index (χ1n) is 3.45. The van der Waals surface area contributed by atoms with Crippen molar-refractivity contribution in [3.05, 3.63) is 0 Å². The molecule has 2 unspecified atom stereocenters. The molecule has 0 rings (SSSR count). The van der Waals surface area contributed by atoms with Crippen LogP contribution in [0.2, 0.25) is 0 Å². The second-order valence-corrected chi connectivity index (χ2v) is 4.07. The fourth-order valence-corrected chi connectivity index (χ4v) is 2.02. The Balaban J connectivity index is 0. The van der Waals surface area contributed by atoms with Gasteiger partial charge in [0.15, 0.2) is 0 Å². The van der Waals surface area contributed by atoms with E-state index in [1.165, 1.54) is 0 Å². The monoisotopic (exact) mass is 380 g/mol. The van der Waals surface area contributed by atoms with Gasteiger partial charge in [0.2, 0.25) is 0 Å². The Bertz CT molecular complexity index is 95.5. The zero-order valence-corrected chi connectivity index (χ0v) is 12.2. The molecule has 0 aliphatic carbocycles. The van der Waals surface area contributed by atoms with Gasteiger partial charge in [0, 0.05) is 39.7 Å². The maximum atomic E-state index is 9.48. The maximum Gasteiger partial charge on any atom is 0.0928 e. The minimum Gasteiger partial charge on any atom is -0.390 e. The summed E-state index contributed by atoms with van der Waals surface area (Å²) in [6.07, 6.45) is 3.65. The van der Waals surface area contributed by atoms with E-state index < -0.39 is 0 Å². The summed E-state index contributed by atoms with van der Waals surface area (Å²) in [5, 5.41) is 9.48. The molecule has 74 valence electrons. The molecule has 0 aromatic rings. The van der Waals surface area contributed by atoms with Gasteiger partial charge in [0.05, 0.1) is 12.2 Å². The molecule has 0 amide bonds. The molecule has 0 aliphatic heterocycles. The number of methoxy groups -OCH3 is 1. The largest absolute Gasteiger partial charge is 0.390 e. The van der Waals surface area contributed by atoms with Crippen LogP contribution in [0.3, 0.4) is 0 Å². The molecule has 2 atom stereocenters. The minimum atomic E-state index is -0.331. The molecule has 0 fully saturated rings. The van der Waals surface area contributed by atoms with Crippen LogP contribution in [0.15, 0.2) is 0 Å². The number of aliphatic hydroxyl groups excluding tert-OH is 1. The van der Waals surface area contributed by atoms with Gasteiger partial charge in [-0.15, -0.1) is 0 Å². The zero-order valence-electron chi connectivity index (χ0n) is 7.65. The van der Waals surface area contributed by atoms with Crippen LogP contribution >= 0.6 is 23.5 Å². The van der Waals surface area contributed by atoms with Gasteiger partial charge in [-0.25, -0.2) is 0 Å². The van der Waals surface area contributed by atoms with Crippen molar-refractivity contribution in [1.29, 1.82) is 0 Å². The second kappa shape index (κ2) is 10.4. The molecule has 0 saturated carbocycles. The standard InChI is InChI=1S/C7H16O2S2.W/c1-9-7(5-11-3)6(8)4-10-2;/h6-8H,4-5H2,1-3H3;. The third-order valence-electron chi connectivity index (χ3n) is 1.40. The van der Waals surface area contributed by atoms with Crippen LogP contribution in [0.4, 0.5) is 0 Å². The van der Waals surface area contributed by atoms with E-state index in [1.54, 1.807) is 30.6 Å². The fourth-order valence-electron chi connectivity index (χ4n) is 0.779. The van der Waals surface area contributed by atoms with Gasteiger partial charge in [-0.1, -0.05) is 0 Å². The van der Waals surface area contributed by atoms with Gasteiger partial charge in [-0.3, -0.25) is 0 Å². The summed E-state index contributed by atoms with van der Waals surface area (Å²) in [6.45, 7) is 0. The maximum absolute atomic E-state index is 9.48. The summed E-state index contributed by atoms with van der Waals surface area (Å²) in [5.74, 6) is 1.61. The Hall–Kier alpha value is 1.31. The molecule has 0 saturated heterocycles. The average molecular weight is 380 g/mol. The molecule has 5 heteroatoms. The average Bonchev–Trinajstić information content (AvgIpc) is 2.00. The van der Waals surface area contributed by atoms with Crippen molar-refractivity contribution >= 4 is 23.5 Å². The Kier molecular flexibility index (Phi) is 13.7. The Labute approximate surface area is 97.5 Å². The van der Waals surface area contributed by atoms with E-state index in [0.29, 0.717) is 0 Å². The molecule has 0 spiro atoms. The first-order chi connectivity index (χ1) is 5.26. The van der Waals surface area contributed by atoms with Gasteiger partial charge >= 0.3 is 0 Å². The quantitative estimate of drug-likeness (QED) is 0.747. The Morgan fingerprint density at radius 1 is 1.25 bits per heavy atom. The van der Waals surface area contributed by atoms with Crippen molar-refractivity contribution < 1.29 is 30.9 Å². The van der Waals surface area contributed by atoms with Gasteiger partial charge in [-0.2, -0.15) is 23.5 Å². The molecular weight excluding hydrogens is 364 g/mol. The molecule has 0 aromatic carbocycles. The SMILES string of the molecule is COC(CSC)C(O)CSC.[W]. The van der Waals surface area contributed by atoms with Crippen LogP contribution in [0.5, 0.6) is 0 Å². The van der Waals surface area contributed by atoms with Crippen LogP contribution in [0, 0.1) is 0 Å². The van der Waals surface area contributed by atoms with E-state index in [2.05, 4.69) is 0 Å². The number of thioether (sulfide) groups is 2. The first-order valence-corrected chi connectivity index (χ1v) is 6.23. The van der Waals surface area contributed by atoms with Gasteiger partial charge < -0.3 is 9.84 Å². The normalized spacial score (nSPS) is 15.0. The van der Waals surface area contributed by atoms with Crippen LogP contribution in [-0.4, -0.2) is 48.4 Å². The summed E-state index contributed by atoms with van der Waals surface area (Å²) in [4.78, 5) is 0. The van der Waals surface area contributed by atoms with E-state index in [-0.39, 0.29) is 33.3 Å². The minimum absolute atomic E-state index is 0. The first kappa shape index (κ1) is 15.8. The summed E-state index contributed by atoms with van der Waals surface area (Å²) in [5.41, 5.74) is 0. The van der Waals surface area contributed by atoms with Crippen molar-refractivity contribution in [2.45, 2.75) is 12.2 Å². The van der Waals surface area contributed by atoms with Gasteiger partial charge in [-0.05, 0) is 12.5 Å². The van der Waals surface area contributed by atoms with Gasteiger partial charge in [0.1, 0.15) is 0 Å². The predicted molar refractivity (Wildman–Crippen MR) is 53.6 cm³/mol. The van der Waals surface area contributed by atoms with E-state index in [4.69, 9.17) is 4.74 Å². The van der Waals surface area contributed by atoms with Crippen molar-refractivity contribution in [3.63, 3.8) is 0 Å². The number of aliphatic hydroxyl groups is 1. The summed E-state index contributed by atoms with van der Waals surface area (Å²) < 4.78 is 5.12. The fraction of sp³-hybridized carbons (Fsp3) is 1.00. The van der Waals surface area contributed by atoms with Crippen LogP contribution in [0.1, 0.15) is 0 Å². The topological polar surface area (TPSA) is 29.5 Å². The summed E-state index contributed by atoms with van der Waals surface area (Å²) in [6, 6.07) is 0. The molecule has 0 radical (unpaired) electrons. The molecule has 12 heavy (non-hydrogen) atoms. The second-order valence-electron chi connectivity index (χ2n) is 2.25. The third-order valence-corrected chi connectivity index (χ3v) is 2.74. The van der Waals surface area contributed by atoms with Crippen LogP contribution in [-0.2, 0) is 25.8 Å². The third kappa shape index (κ3) is 6.78. The number of hydrogen-bond donors (Lipinski definition) is 1. The van der Waals surface area contributed by atoms with Crippen molar-refractivity contribution in [2.75, 3.05) is 31.1 Å². The van der Waals surface area contributed by atoms with Crippen molar-refractivity contribution in [3.8, 4) is 0 Å². The molecule has 2 nitrogen and oxygen atoms in total. The summed E-state index contributed by atoms with van der Waals surface area (Å²) >= 11 is 3.33. The molecule has 0 bridgehead atoms. The van der Waals surface area contributed by atoms with Gasteiger partial charge in [0.25, 0.3) is 0 Å². The smallest absolute Gasteiger partial charge is 0.0928 e. The predicted octanol–water partition coefficient (Wildman–Crippen LogP) is 1.09. The number of rotatable bonds is 6. The van der Waals surface area contributed by atoms with Crippen molar-refractivity contribution in [2.24, 2.45) is 0 Å². The molecular formula is C7H16O2S2W. The van der Waals surface area contributed by atoms with E-state index in [9.17, 15) is 5.11 Å². The Morgan fingerprint density at radius 3 is 2.08 bits per heavy atom. The van der Waals surface area contributed by atoms with Crippen LogP contribution in [0.25, 0.3) is 0 Å². The molecule has 0 aliphatic rings. The summed E-state index contributed by atoms with van der Waals surface area (Å²) in [7, 11) is 1.64. The van der Waals surface area contributed by atoms with E-state index in [0.717, 1.165) is 11.5 Å². The zero-order chi connectivity index (χ0) is 8.69. The molecule has 0 aromatic heterocycles. The van der Waals surface area contributed by atoms with E-state index >= 15 is 0 Å². The van der Waals surface area contributed by atoms with E-state index in [1.807, 2.05) is 12.5 Å². The Morgan fingerprint density at radius 2 is 1.75 bits per heavy atom. The molecule has 0 heterocycles. The molecule has 1 N–H and O–H groups in total. The number of hydrogen-bond acceptors (Lipinski definition) is 4. The van der Waals surface area contributed by atoms with Crippen LogP contribution < -0.4 is 0 Å². The number of ether oxygens (including phenoxy) is 1. The van der Waals surface area contributed by atoms with Crippen molar-refractivity contribution in [1.82, 2.24) is 0 Å².